The summed E-state index contributed by atoms with van der Waals surface area (Å²) >= 11 is 0. The first-order valence-corrected chi connectivity index (χ1v) is 4.40. The van der Waals surface area contributed by atoms with Crippen LogP contribution < -0.4 is 5.32 Å². The van der Waals surface area contributed by atoms with Gasteiger partial charge in [0.1, 0.15) is 0 Å². The minimum atomic E-state index is -0.110. The Morgan fingerprint density at radius 1 is 1.43 bits per heavy atom. The van der Waals surface area contributed by atoms with Crippen LogP contribution in [0.3, 0.4) is 0 Å². The first kappa shape index (κ1) is 10.3. The number of nitrogens with one attached hydrogen (secondary N) is 1. The van der Waals surface area contributed by atoms with E-state index in [2.05, 4.69) is 11.4 Å². The van der Waals surface area contributed by atoms with Crippen LogP contribution >= 0.6 is 0 Å². The van der Waals surface area contributed by atoms with E-state index in [0.717, 1.165) is 11.3 Å². The number of hydrogen-bond acceptors (Lipinski definition) is 2. The molecule has 1 aromatic carbocycles. The lowest BCUT2D eigenvalue weighted by Crippen LogP contribution is -2.05. The van der Waals surface area contributed by atoms with Crippen LogP contribution in [0.15, 0.2) is 24.3 Å². The fourth-order valence-electron chi connectivity index (χ4n) is 1.13. The number of carbonyl (C=O) groups excluding carboxylic acids is 1. The van der Waals surface area contributed by atoms with Crippen molar-refractivity contribution >= 4 is 11.6 Å². The number of nitriles is 1. The van der Waals surface area contributed by atoms with E-state index in [0.29, 0.717) is 0 Å². The minimum absolute atomic E-state index is 0.0916. The number of benzene rings is 1. The van der Waals surface area contributed by atoms with Gasteiger partial charge in [0.15, 0.2) is 0 Å². The fraction of sp³-hybridized carbons (Fsp3) is 0.273. The van der Waals surface area contributed by atoms with Crippen LogP contribution in [0.1, 0.15) is 25.3 Å². The molecule has 0 bridgehead atoms. The average Bonchev–Trinajstić information content (AvgIpc) is 2.17. The Morgan fingerprint density at radius 2 is 2.00 bits per heavy atom. The standard InChI is InChI=1S/C11H12N2O/c1-8(7-12)10-3-5-11(6-4-10)13-9(2)14/h3-6,8H,1-2H3,(H,13,14). The van der Waals surface area contributed by atoms with Crippen LogP contribution in [0.25, 0.3) is 0 Å². The molecule has 0 spiro atoms. The van der Waals surface area contributed by atoms with Crippen molar-refractivity contribution in [1.29, 1.82) is 5.26 Å². The number of carbonyl (C=O) groups is 1. The van der Waals surface area contributed by atoms with E-state index in [9.17, 15) is 4.79 Å². The molecule has 1 atom stereocenters. The molecule has 0 saturated carbocycles. The first-order valence-electron chi connectivity index (χ1n) is 4.40. The van der Waals surface area contributed by atoms with Gasteiger partial charge in [0, 0.05) is 12.6 Å². The monoisotopic (exact) mass is 188 g/mol. The Bertz CT molecular complexity index is 362. The molecule has 1 aromatic rings. The molecule has 1 N–H and O–H groups in total. The molecular weight excluding hydrogens is 176 g/mol. The number of anilines is 1. The van der Waals surface area contributed by atoms with Gasteiger partial charge < -0.3 is 5.32 Å². The summed E-state index contributed by atoms with van der Waals surface area (Å²) in [6.45, 7) is 3.30. The number of nitrogens with zero attached hydrogens (tertiary/aromatic N) is 1. The first-order chi connectivity index (χ1) is 6.63. The van der Waals surface area contributed by atoms with E-state index < -0.39 is 0 Å². The molecule has 0 fully saturated rings. The zero-order valence-corrected chi connectivity index (χ0v) is 8.24. The highest BCUT2D eigenvalue weighted by atomic mass is 16.1. The largest absolute Gasteiger partial charge is 0.326 e. The van der Waals surface area contributed by atoms with Crippen molar-refractivity contribution in [3.05, 3.63) is 29.8 Å². The molecule has 72 valence electrons. The van der Waals surface area contributed by atoms with Gasteiger partial charge in [-0.3, -0.25) is 4.79 Å². The van der Waals surface area contributed by atoms with Gasteiger partial charge in [-0.2, -0.15) is 5.26 Å². The molecule has 1 rings (SSSR count). The summed E-state index contributed by atoms with van der Waals surface area (Å²) in [5, 5.41) is 11.4. The maximum atomic E-state index is 10.7. The van der Waals surface area contributed by atoms with Gasteiger partial charge in [-0.05, 0) is 24.6 Å². The van der Waals surface area contributed by atoms with Crippen molar-refractivity contribution in [2.75, 3.05) is 5.32 Å². The van der Waals surface area contributed by atoms with Gasteiger partial charge in [0.2, 0.25) is 5.91 Å². The second kappa shape index (κ2) is 4.43. The molecule has 0 heterocycles. The summed E-state index contributed by atoms with van der Waals surface area (Å²) in [5.74, 6) is -0.201. The van der Waals surface area contributed by atoms with Crippen molar-refractivity contribution in [2.24, 2.45) is 0 Å². The Hall–Kier alpha value is -1.82. The highest BCUT2D eigenvalue weighted by Gasteiger charge is 2.02. The lowest BCUT2D eigenvalue weighted by Gasteiger charge is -2.05. The van der Waals surface area contributed by atoms with Gasteiger partial charge in [-0.1, -0.05) is 12.1 Å². The van der Waals surface area contributed by atoms with Crippen molar-refractivity contribution in [2.45, 2.75) is 19.8 Å². The van der Waals surface area contributed by atoms with E-state index in [4.69, 9.17) is 5.26 Å². The Kier molecular flexibility index (Phi) is 3.24. The molecular formula is C11H12N2O. The zero-order chi connectivity index (χ0) is 10.6. The summed E-state index contributed by atoms with van der Waals surface area (Å²) in [6, 6.07) is 9.44. The third-order valence-electron chi connectivity index (χ3n) is 1.92. The lowest BCUT2D eigenvalue weighted by atomic mass is 10.0. The zero-order valence-electron chi connectivity index (χ0n) is 8.24. The highest BCUT2D eigenvalue weighted by molar-refractivity contribution is 5.88. The normalized spacial score (nSPS) is 11.5. The third-order valence-corrected chi connectivity index (χ3v) is 1.92. The number of hydrogen-bond donors (Lipinski definition) is 1. The molecule has 0 aromatic heterocycles. The molecule has 1 amide bonds. The topological polar surface area (TPSA) is 52.9 Å². The summed E-state index contributed by atoms with van der Waals surface area (Å²) < 4.78 is 0. The molecule has 1 unspecified atom stereocenters. The maximum Gasteiger partial charge on any atom is 0.221 e. The van der Waals surface area contributed by atoms with Crippen molar-refractivity contribution in [3.8, 4) is 6.07 Å². The summed E-state index contributed by atoms with van der Waals surface area (Å²) in [6.07, 6.45) is 0. The Morgan fingerprint density at radius 3 is 2.43 bits per heavy atom. The van der Waals surface area contributed by atoms with Crippen LogP contribution in [0, 0.1) is 11.3 Å². The van der Waals surface area contributed by atoms with Gasteiger partial charge in [-0.15, -0.1) is 0 Å². The van der Waals surface area contributed by atoms with Gasteiger partial charge in [0.05, 0.1) is 12.0 Å². The van der Waals surface area contributed by atoms with Gasteiger partial charge in [-0.25, -0.2) is 0 Å². The third kappa shape index (κ3) is 2.60. The van der Waals surface area contributed by atoms with Gasteiger partial charge in [0.25, 0.3) is 0 Å². The second-order valence-electron chi connectivity index (χ2n) is 3.15. The Labute approximate surface area is 83.4 Å². The predicted octanol–water partition coefficient (Wildman–Crippen LogP) is 2.27. The van der Waals surface area contributed by atoms with Crippen molar-refractivity contribution in [3.63, 3.8) is 0 Å². The minimum Gasteiger partial charge on any atom is -0.326 e. The predicted molar refractivity (Wildman–Crippen MR) is 54.8 cm³/mol. The van der Waals surface area contributed by atoms with E-state index in [1.165, 1.54) is 6.92 Å². The smallest absolute Gasteiger partial charge is 0.221 e. The van der Waals surface area contributed by atoms with Crippen molar-refractivity contribution in [1.82, 2.24) is 0 Å². The van der Waals surface area contributed by atoms with E-state index in [1.54, 1.807) is 12.1 Å². The molecule has 0 aliphatic heterocycles. The molecule has 0 radical (unpaired) electrons. The molecule has 3 nitrogen and oxygen atoms in total. The molecule has 0 aliphatic carbocycles. The summed E-state index contributed by atoms with van der Waals surface area (Å²) in [7, 11) is 0. The molecule has 0 saturated heterocycles. The van der Waals surface area contributed by atoms with Crippen LogP contribution in [0.4, 0.5) is 5.69 Å². The average molecular weight is 188 g/mol. The summed E-state index contributed by atoms with van der Waals surface area (Å²) in [4.78, 5) is 10.7. The number of amides is 1. The van der Waals surface area contributed by atoms with Crippen molar-refractivity contribution < 1.29 is 4.79 Å². The van der Waals surface area contributed by atoms with Crippen LogP contribution in [-0.2, 0) is 4.79 Å². The quantitative estimate of drug-likeness (QED) is 0.774. The molecule has 14 heavy (non-hydrogen) atoms. The van der Waals surface area contributed by atoms with E-state index in [1.807, 2.05) is 19.1 Å². The maximum absolute atomic E-state index is 10.7. The number of rotatable bonds is 2. The van der Waals surface area contributed by atoms with Crippen LogP contribution in [0.2, 0.25) is 0 Å². The van der Waals surface area contributed by atoms with E-state index in [-0.39, 0.29) is 11.8 Å². The summed E-state index contributed by atoms with van der Waals surface area (Å²) in [5.41, 5.74) is 1.72. The lowest BCUT2D eigenvalue weighted by molar-refractivity contribution is -0.114. The highest BCUT2D eigenvalue weighted by Crippen LogP contribution is 2.16. The molecule has 0 aliphatic rings. The second-order valence-corrected chi connectivity index (χ2v) is 3.15. The van der Waals surface area contributed by atoms with E-state index >= 15 is 0 Å². The van der Waals surface area contributed by atoms with Crippen LogP contribution in [0.5, 0.6) is 0 Å². The van der Waals surface area contributed by atoms with Gasteiger partial charge >= 0.3 is 0 Å². The SMILES string of the molecule is CC(=O)Nc1ccc(C(C)C#N)cc1. The fourth-order valence-corrected chi connectivity index (χ4v) is 1.13. The van der Waals surface area contributed by atoms with Crippen LogP contribution in [-0.4, -0.2) is 5.91 Å². The molecule has 3 heteroatoms. The Balaban J connectivity index is 2.79.